The van der Waals surface area contributed by atoms with E-state index in [1.165, 1.54) is 5.56 Å². The number of piperazine rings is 1. The van der Waals surface area contributed by atoms with Crippen LogP contribution in [0.1, 0.15) is 34.2 Å². The van der Waals surface area contributed by atoms with Crippen molar-refractivity contribution in [3.8, 4) is 5.75 Å². The largest absolute Gasteiger partial charge is 0.507 e. The second-order valence-corrected chi connectivity index (χ2v) is 8.20. The van der Waals surface area contributed by atoms with Crippen LogP contribution in [0.2, 0.25) is 0 Å². The van der Waals surface area contributed by atoms with E-state index in [9.17, 15) is 10.2 Å². The quantitative estimate of drug-likeness (QED) is 0.682. The summed E-state index contributed by atoms with van der Waals surface area (Å²) in [5.74, 6) is 1.05. The van der Waals surface area contributed by atoms with Crippen molar-refractivity contribution in [1.82, 2.24) is 14.5 Å². The number of aromatic hydroxyl groups is 1. The third-order valence-electron chi connectivity index (χ3n) is 6.00. The number of hydrogen-bond donors (Lipinski definition) is 2. The zero-order chi connectivity index (χ0) is 21.3. The molecule has 1 saturated heterocycles. The zero-order valence-electron chi connectivity index (χ0n) is 17.9. The highest BCUT2D eigenvalue weighted by Crippen LogP contribution is 2.31. The fourth-order valence-electron chi connectivity index (χ4n) is 4.33. The average molecular weight is 407 g/mol. The van der Waals surface area contributed by atoms with Crippen LogP contribution in [0.5, 0.6) is 5.75 Å². The first kappa shape index (κ1) is 20.4. The van der Waals surface area contributed by atoms with Gasteiger partial charge in [0, 0.05) is 63.4 Å². The molecule has 0 amide bonds. The minimum Gasteiger partial charge on any atom is -0.507 e. The first-order chi connectivity index (χ1) is 14.4. The summed E-state index contributed by atoms with van der Waals surface area (Å²) in [6.07, 6.45) is 2.82. The molecule has 4 rings (SSSR count). The van der Waals surface area contributed by atoms with E-state index >= 15 is 0 Å². The molecule has 0 radical (unpaired) electrons. The number of nitrogens with zero attached hydrogens (tertiary/aromatic N) is 4. The van der Waals surface area contributed by atoms with Crippen LogP contribution < -0.4 is 4.90 Å². The van der Waals surface area contributed by atoms with E-state index in [1.54, 1.807) is 6.20 Å². The Labute approximate surface area is 178 Å². The summed E-state index contributed by atoms with van der Waals surface area (Å²) < 4.78 is 1.86. The number of phenolic OH excluding ortho intramolecular Hbond substituents is 1. The van der Waals surface area contributed by atoms with Crippen LogP contribution in [-0.2, 0) is 13.6 Å². The monoisotopic (exact) mass is 406 g/mol. The fraction of sp³-hybridized carbons (Fsp3) is 0.375. The molecule has 30 heavy (non-hydrogen) atoms. The highest BCUT2D eigenvalue weighted by molar-refractivity contribution is 5.56. The van der Waals surface area contributed by atoms with Crippen molar-refractivity contribution < 1.29 is 10.2 Å². The Morgan fingerprint density at radius 1 is 1.03 bits per heavy atom. The third-order valence-corrected chi connectivity index (χ3v) is 6.00. The molecule has 1 aromatic heterocycles. The lowest BCUT2D eigenvalue weighted by Crippen LogP contribution is -2.46. The lowest BCUT2D eigenvalue weighted by molar-refractivity contribution is 0.205. The van der Waals surface area contributed by atoms with Crippen molar-refractivity contribution in [2.24, 2.45) is 7.05 Å². The molecule has 1 fully saturated rings. The van der Waals surface area contributed by atoms with E-state index in [1.807, 2.05) is 49.9 Å². The lowest BCUT2D eigenvalue weighted by atomic mass is 10.0. The van der Waals surface area contributed by atoms with Gasteiger partial charge in [0.1, 0.15) is 17.7 Å². The minimum absolute atomic E-state index is 0.395. The Kier molecular flexibility index (Phi) is 5.79. The Morgan fingerprint density at radius 2 is 1.70 bits per heavy atom. The summed E-state index contributed by atoms with van der Waals surface area (Å²) in [6.45, 7) is 8.49. The van der Waals surface area contributed by atoms with Crippen LogP contribution >= 0.6 is 0 Å². The van der Waals surface area contributed by atoms with Crippen molar-refractivity contribution in [2.75, 3.05) is 31.1 Å². The lowest BCUT2D eigenvalue weighted by Gasteiger charge is -2.37. The van der Waals surface area contributed by atoms with Gasteiger partial charge in [-0.15, -0.1) is 0 Å². The van der Waals surface area contributed by atoms with Crippen molar-refractivity contribution in [1.29, 1.82) is 0 Å². The van der Waals surface area contributed by atoms with Gasteiger partial charge in [0.15, 0.2) is 0 Å². The number of aryl methyl sites for hydroxylation is 3. The molecule has 2 heterocycles. The Balaban J connectivity index is 1.45. The summed E-state index contributed by atoms with van der Waals surface area (Å²) in [5, 5.41) is 21.0. The van der Waals surface area contributed by atoms with Gasteiger partial charge in [0.25, 0.3) is 0 Å². The minimum atomic E-state index is -0.748. The SMILES string of the molecule is Cc1cc(CN2CCN(c3ccccc3C(O)c3nccn3C)CC2)cc(C)c1O. The van der Waals surface area contributed by atoms with Crippen LogP contribution in [0, 0.1) is 13.8 Å². The fourth-order valence-corrected chi connectivity index (χ4v) is 4.33. The van der Waals surface area contributed by atoms with Gasteiger partial charge in [-0.3, -0.25) is 4.90 Å². The number of rotatable bonds is 5. The van der Waals surface area contributed by atoms with Crippen molar-refractivity contribution in [3.05, 3.63) is 76.9 Å². The first-order valence-corrected chi connectivity index (χ1v) is 10.4. The topological polar surface area (TPSA) is 64.8 Å². The number of benzene rings is 2. The van der Waals surface area contributed by atoms with Crippen LogP contribution in [0.4, 0.5) is 5.69 Å². The second kappa shape index (κ2) is 8.50. The second-order valence-electron chi connectivity index (χ2n) is 8.20. The molecule has 0 bridgehead atoms. The Bertz CT molecular complexity index is 999. The number of aliphatic hydroxyl groups is 1. The van der Waals surface area contributed by atoms with E-state index in [-0.39, 0.29) is 0 Å². The number of aliphatic hydroxyl groups excluding tert-OH is 1. The van der Waals surface area contributed by atoms with Gasteiger partial charge < -0.3 is 19.7 Å². The van der Waals surface area contributed by atoms with Crippen molar-refractivity contribution in [3.63, 3.8) is 0 Å². The summed E-state index contributed by atoms with van der Waals surface area (Å²) in [7, 11) is 1.90. The summed E-state index contributed by atoms with van der Waals surface area (Å²) in [6, 6.07) is 12.2. The molecule has 158 valence electrons. The molecule has 0 aliphatic carbocycles. The van der Waals surface area contributed by atoms with Gasteiger partial charge in [-0.05, 0) is 36.6 Å². The highest BCUT2D eigenvalue weighted by Gasteiger charge is 2.24. The smallest absolute Gasteiger partial charge is 0.142 e. The molecule has 1 atom stereocenters. The van der Waals surface area contributed by atoms with Gasteiger partial charge in [0.2, 0.25) is 0 Å². The van der Waals surface area contributed by atoms with Gasteiger partial charge in [-0.2, -0.15) is 0 Å². The summed E-state index contributed by atoms with van der Waals surface area (Å²) in [4.78, 5) is 9.12. The Hall–Kier alpha value is -2.83. The van der Waals surface area contributed by atoms with Gasteiger partial charge in [-0.25, -0.2) is 4.98 Å². The maximum absolute atomic E-state index is 11.0. The molecule has 3 aromatic rings. The Morgan fingerprint density at radius 3 is 2.33 bits per heavy atom. The number of imidazole rings is 1. The average Bonchev–Trinajstić information content (AvgIpc) is 3.18. The number of aromatic nitrogens is 2. The molecule has 1 aliphatic rings. The van der Waals surface area contributed by atoms with Gasteiger partial charge >= 0.3 is 0 Å². The highest BCUT2D eigenvalue weighted by atomic mass is 16.3. The molecule has 1 aliphatic heterocycles. The molecule has 6 heteroatoms. The predicted octanol–water partition coefficient (Wildman–Crippen LogP) is 3.15. The van der Waals surface area contributed by atoms with Crippen LogP contribution in [0.25, 0.3) is 0 Å². The normalized spacial score (nSPS) is 16.1. The molecule has 1 unspecified atom stereocenters. The van der Waals surface area contributed by atoms with Gasteiger partial charge in [0.05, 0.1) is 0 Å². The molecule has 6 nitrogen and oxygen atoms in total. The van der Waals surface area contributed by atoms with E-state index < -0.39 is 6.10 Å². The number of anilines is 1. The van der Waals surface area contributed by atoms with E-state index in [2.05, 4.69) is 33.0 Å². The first-order valence-electron chi connectivity index (χ1n) is 10.4. The number of phenols is 1. The standard InChI is InChI=1S/C24H30N4O2/c1-17-14-19(15-18(2)22(17)29)16-27-10-12-28(13-11-27)21-7-5-4-6-20(21)23(30)24-25-8-9-26(24)3/h4-9,14-15,23,29-30H,10-13,16H2,1-3H3. The molecular formula is C24H30N4O2. The van der Waals surface area contributed by atoms with Crippen LogP contribution in [0.3, 0.4) is 0 Å². The zero-order valence-corrected chi connectivity index (χ0v) is 17.9. The van der Waals surface area contributed by atoms with Crippen molar-refractivity contribution in [2.45, 2.75) is 26.5 Å². The molecule has 2 N–H and O–H groups in total. The molecular weight excluding hydrogens is 376 g/mol. The predicted molar refractivity (Wildman–Crippen MR) is 119 cm³/mol. The number of hydrogen-bond acceptors (Lipinski definition) is 5. The van der Waals surface area contributed by atoms with Gasteiger partial charge in [-0.1, -0.05) is 30.3 Å². The van der Waals surface area contributed by atoms with Crippen LogP contribution in [-0.4, -0.2) is 50.8 Å². The number of para-hydroxylation sites is 1. The van der Waals surface area contributed by atoms with E-state index in [4.69, 9.17) is 0 Å². The molecule has 0 spiro atoms. The maximum Gasteiger partial charge on any atom is 0.142 e. The maximum atomic E-state index is 11.0. The van der Waals surface area contributed by atoms with E-state index in [0.717, 1.165) is 55.1 Å². The summed E-state index contributed by atoms with van der Waals surface area (Å²) in [5.41, 5.74) is 5.07. The van der Waals surface area contributed by atoms with E-state index in [0.29, 0.717) is 11.6 Å². The van der Waals surface area contributed by atoms with Crippen molar-refractivity contribution >= 4 is 5.69 Å². The molecule has 0 saturated carbocycles. The summed E-state index contributed by atoms with van der Waals surface area (Å²) >= 11 is 0. The third kappa shape index (κ3) is 4.06. The molecule has 2 aromatic carbocycles. The van der Waals surface area contributed by atoms with Crippen LogP contribution in [0.15, 0.2) is 48.8 Å².